The summed E-state index contributed by atoms with van der Waals surface area (Å²) in [5.41, 5.74) is 0.491. The van der Waals surface area contributed by atoms with Crippen LogP contribution in [-0.4, -0.2) is 18.0 Å². The normalized spacial score (nSPS) is 10.4. The van der Waals surface area contributed by atoms with Crippen LogP contribution in [0.4, 0.5) is 5.69 Å². The Balaban J connectivity index is 1.84. The van der Waals surface area contributed by atoms with E-state index in [1.165, 1.54) is 25.3 Å². The molecule has 0 saturated heterocycles. The van der Waals surface area contributed by atoms with Crippen molar-refractivity contribution in [2.75, 3.05) is 7.11 Å². The number of esters is 1. The van der Waals surface area contributed by atoms with Crippen molar-refractivity contribution in [2.24, 2.45) is 0 Å². The lowest BCUT2D eigenvalue weighted by atomic mass is 10.0. The molecule has 0 aliphatic carbocycles. The maximum Gasteiger partial charge on any atom is 0.315 e. The highest BCUT2D eigenvalue weighted by molar-refractivity contribution is 5.89. The van der Waals surface area contributed by atoms with E-state index in [0.717, 1.165) is 16.3 Å². The monoisotopic (exact) mass is 337 g/mol. The Bertz CT molecular complexity index is 946. The Morgan fingerprint density at radius 2 is 1.84 bits per heavy atom. The minimum atomic E-state index is -0.608. The van der Waals surface area contributed by atoms with Crippen molar-refractivity contribution in [3.63, 3.8) is 0 Å². The first-order valence-corrected chi connectivity index (χ1v) is 7.58. The fourth-order valence-corrected chi connectivity index (χ4v) is 2.61. The molecule has 0 fully saturated rings. The molecule has 0 saturated carbocycles. The Kier molecular flexibility index (Phi) is 4.61. The molecule has 0 aliphatic heterocycles. The largest absolute Gasteiger partial charge is 0.496 e. The number of nitro groups is 1. The zero-order valence-corrected chi connectivity index (χ0v) is 13.5. The van der Waals surface area contributed by atoms with Crippen molar-refractivity contribution in [2.45, 2.75) is 6.42 Å². The molecule has 25 heavy (non-hydrogen) atoms. The SMILES string of the molecule is COc1ccc(OC(=O)Cc2cccc3ccccc23)c([N+](=O)[O-])c1. The summed E-state index contributed by atoms with van der Waals surface area (Å²) in [5, 5.41) is 13.1. The van der Waals surface area contributed by atoms with E-state index in [1.807, 2.05) is 42.5 Å². The number of hydrogen-bond donors (Lipinski definition) is 0. The van der Waals surface area contributed by atoms with Crippen LogP contribution in [0.25, 0.3) is 10.8 Å². The molecule has 0 spiro atoms. The van der Waals surface area contributed by atoms with Crippen molar-refractivity contribution < 1.29 is 19.2 Å². The molecule has 3 aromatic carbocycles. The maximum absolute atomic E-state index is 12.3. The van der Waals surface area contributed by atoms with Gasteiger partial charge in [0.2, 0.25) is 5.75 Å². The minimum absolute atomic E-state index is 0.0184. The predicted molar refractivity (Wildman–Crippen MR) is 92.9 cm³/mol. The van der Waals surface area contributed by atoms with Crippen molar-refractivity contribution in [1.82, 2.24) is 0 Å². The molecular weight excluding hydrogens is 322 g/mol. The van der Waals surface area contributed by atoms with E-state index < -0.39 is 10.9 Å². The summed E-state index contributed by atoms with van der Waals surface area (Å²) in [7, 11) is 1.41. The minimum Gasteiger partial charge on any atom is -0.496 e. The highest BCUT2D eigenvalue weighted by Gasteiger charge is 2.20. The molecule has 0 atom stereocenters. The van der Waals surface area contributed by atoms with Crippen LogP contribution in [0.3, 0.4) is 0 Å². The van der Waals surface area contributed by atoms with Gasteiger partial charge in [-0.05, 0) is 28.5 Å². The zero-order valence-electron chi connectivity index (χ0n) is 13.5. The van der Waals surface area contributed by atoms with Crippen LogP contribution >= 0.6 is 0 Å². The summed E-state index contributed by atoms with van der Waals surface area (Å²) >= 11 is 0. The van der Waals surface area contributed by atoms with Gasteiger partial charge in [-0.15, -0.1) is 0 Å². The average molecular weight is 337 g/mol. The van der Waals surface area contributed by atoms with Gasteiger partial charge in [-0.25, -0.2) is 0 Å². The molecule has 0 amide bonds. The lowest BCUT2D eigenvalue weighted by Crippen LogP contribution is -2.12. The number of carbonyl (C=O) groups excluding carboxylic acids is 1. The Hall–Kier alpha value is -3.41. The number of methoxy groups -OCH3 is 1. The van der Waals surface area contributed by atoms with Crippen molar-refractivity contribution in [1.29, 1.82) is 0 Å². The Labute approximate surface area is 143 Å². The third-order valence-corrected chi connectivity index (χ3v) is 3.80. The fourth-order valence-electron chi connectivity index (χ4n) is 2.61. The number of carbonyl (C=O) groups is 1. The van der Waals surface area contributed by atoms with Gasteiger partial charge in [0.15, 0.2) is 0 Å². The van der Waals surface area contributed by atoms with Gasteiger partial charge in [-0.3, -0.25) is 14.9 Å². The summed E-state index contributed by atoms with van der Waals surface area (Å²) in [6, 6.07) is 17.4. The van der Waals surface area contributed by atoms with E-state index in [1.54, 1.807) is 0 Å². The second kappa shape index (κ2) is 7.00. The summed E-state index contributed by atoms with van der Waals surface area (Å²) in [6.45, 7) is 0. The second-order valence-corrected chi connectivity index (χ2v) is 5.38. The molecule has 0 bridgehead atoms. The molecule has 3 rings (SSSR count). The molecule has 0 N–H and O–H groups in total. The van der Waals surface area contributed by atoms with Gasteiger partial charge in [0, 0.05) is 0 Å². The molecule has 0 aliphatic rings. The zero-order chi connectivity index (χ0) is 17.8. The van der Waals surface area contributed by atoms with Crippen LogP contribution in [0.1, 0.15) is 5.56 Å². The molecule has 6 nitrogen and oxygen atoms in total. The third kappa shape index (κ3) is 3.58. The fraction of sp³-hybridized carbons (Fsp3) is 0.105. The van der Waals surface area contributed by atoms with Gasteiger partial charge in [-0.1, -0.05) is 42.5 Å². The van der Waals surface area contributed by atoms with E-state index in [9.17, 15) is 14.9 Å². The van der Waals surface area contributed by atoms with Crippen molar-refractivity contribution in [3.05, 3.63) is 76.3 Å². The molecule has 126 valence electrons. The van der Waals surface area contributed by atoms with E-state index in [0.29, 0.717) is 5.75 Å². The van der Waals surface area contributed by atoms with Gasteiger partial charge >= 0.3 is 11.7 Å². The van der Waals surface area contributed by atoms with Crippen molar-refractivity contribution in [3.8, 4) is 11.5 Å². The topological polar surface area (TPSA) is 78.7 Å². The highest BCUT2D eigenvalue weighted by atomic mass is 16.6. The van der Waals surface area contributed by atoms with Gasteiger partial charge in [0.05, 0.1) is 24.5 Å². The van der Waals surface area contributed by atoms with E-state index in [2.05, 4.69) is 0 Å². The number of nitro benzene ring substituents is 1. The van der Waals surface area contributed by atoms with Gasteiger partial charge in [-0.2, -0.15) is 0 Å². The van der Waals surface area contributed by atoms with Crippen LogP contribution < -0.4 is 9.47 Å². The predicted octanol–water partition coefficient (Wildman–Crippen LogP) is 3.90. The Morgan fingerprint density at radius 1 is 1.08 bits per heavy atom. The summed E-state index contributed by atoms with van der Waals surface area (Å²) in [6.07, 6.45) is 0.0184. The summed E-state index contributed by atoms with van der Waals surface area (Å²) in [4.78, 5) is 22.8. The highest BCUT2D eigenvalue weighted by Crippen LogP contribution is 2.31. The van der Waals surface area contributed by atoms with Crippen LogP contribution in [0, 0.1) is 10.1 Å². The molecule has 0 unspecified atom stereocenters. The molecule has 3 aromatic rings. The third-order valence-electron chi connectivity index (χ3n) is 3.80. The van der Waals surface area contributed by atoms with Gasteiger partial charge in [0.25, 0.3) is 0 Å². The number of rotatable bonds is 5. The molecule has 0 aromatic heterocycles. The van der Waals surface area contributed by atoms with E-state index >= 15 is 0 Å². The molecule has 0 radical (unpaired) electrons. The molecule has 0 heterocycles. The van der Waals surface area contributed by atoms with Crippen molar-refractivity contribution >= 4 is 22.4 Å². The summed E-state index contributed by atoms with van der Waals surface area (Å²) in [5.74, 6) is -0.346. The van der Waals surface area contributed by atoms with Gasteiger partial charge < -0.3 is 9.47 Å². The average Bonchev–Trinajstić information content (AvgIpc) is 2.62. The lowest BCUT2D eigenvalue weighted by molar-refractivity contribution is -0.385. The molecule has 6 heteroatoms. The van der Waals surface area contributed by atoms with E-state index in [-0.39, 0.29) is 17.9 Å². The van der Waals surface area contributed by atoms with Crippen LogP contribution in [-0.2, 0) is 11.2 Å². The van der Waals surface area contributed by atoms with Crippen LogP contribution in [0.15, 0.2) is 60.7 Å². The first kappa shape index (κ1) is 16.4. The smallest absolute Gasteiger partial charge is 0.315 e. The lowest BCUT2D eigenvalue weighted by Gasteiger charge is -2.08. The van der Waals surface area contributed by atoms with E-state index in [4.69, 9.17) is 9.47 Å². The maximum atomic E-state index is 12.3. The number of benzene rings is 3. The number of fused-ring (bicyclic) bond motifs is 1. The first-order valence-electron chi connectivity index (χ1n) is 7.58. The number of ether oxygens (including phenoxy) is 2. The second-order valence-electron chi connectivity index (χ2n) is 5.38. The molecular formula is C19H15NO5. The van der Waals surface area contributed by atoms with Crippen LogP contribution in [0.2, 0.25) is 0 Å². The first-order chi connectivity index (χ1) is 12.1. The van der Waals surface area contributed by atoms with Crippen LogP contribution in [0.5, 0.6) is 11.5 Å². The number of hydrogen-bond acceptors (Lipinski definition) is 5. The quantitative estimate of drug-likeness (QED) is 0.305. The Morgan fingerprint density at radius 3 is 2.60 bits per heavy atom. The standard InChI is InChI=1S/C19H15NO5/c1-24-15-9-10-18(17(12-15)20(22)23)25-19(21)11-14-7-4-6-13-5-2-3-8-16(13)14/h2-10,12H,11H2,1H3. The van der Waals surface area contributed by atoms with Gasteiger partial charge in [0.1, 0.15) is 5.75 Å². The number of nitrogens with zero attached hydrogens (tertiary/aromatic N) is 1. The summed E-state index contributed by atoms with van der Waals surface area (Å²) < 4.78 is 10.2.